The number of aryl methyl sites for hydroxylation is 1. The van der Waals surface area contributed by atoms with E-state index in [0.29, 0.717) is 5.92 Å². The number of hydrogen-bond donors (Lipinski definition) is 1. The van der Waals surface area contributed by atoms with Gasteiger partial charge >= 0.3 is 5.97 Å². The second-order valence-corrected chi connectivity index (χ2v) is 5.36. The van der Waals surface area contributed by atoms with Crippen LogP contribution in [0.5, 0.6) is 5.75 Å². The van der Waals surface area contributed by atoms with Crippen molar-refractivity contribution in [3.63, 3.8) is 0 Å². The number of carbonyl (C=O) groups is 1. The Kier molecular flexibility index (Phi) is 4.83. The lowest BCUT2D eigenvalue weighted by Crippen LogP contribution is -2.09. The minimum Gasteiger partial charge on any atom is -0.493 e. The number of hydrogen-bond acceptors (Lipinski definition) is 2. The Morgan fingerprint density at radius 1 is 1.42 bits per heavy atom. The summed E-state index contributed by atoms with van der Waals surface area (Å²) in [4.78, 5) is 10.5. The van der Waals surface area contributed by atoms with Gasteiger partial charge in [0.15, 0.2) is 0 Å². The van der Waals surface area contributed by atoms with Crippen LogP contribution in [-0.2, 0) is 11.2 Å². The van der Waals surface area contributed by atoms with Crippen LogP contribution in [0.1, 0.15) is 56.1 Å². The maximum atomic E-state index is 10.5. The zero-order valence-electron chi connectivity index (χ0n) is 11.5. The fourth-order valence-electron chi connectivity index (χ4n) is 2.58. The molecule has 1 aliphatic heterocycles. The monoisotopic (exact) mass is 262 g/mol. The summed E-state index contributed by atoms with van der Waals surface area (Å²) >= 11 is 0. The van der Waals surface area contributed by atoms with Gasteiger partial charge in [0.1, 0.15) is 5.75 Å². The van der Waals surface area contributed by atoms with Crippen LogP contribution in [0.2, 0.25) is 0 Å². The summed E-state index contributed by atoms with van der Waals surface area (Å²) in [6.07, 6.45) is 5.28. The van der Waals surface area contributed by atoms with Crippen molar-refractivity contribution in [3.8, 4) is 5.75 Å². The Hall–Kier alpha value is -1.51. The van der Waals surface area contributed by atoms with Gasteiger partial charge in [-0.05, 0) is 48.8 Å². The third-order valence-corrected chi connectivity index (χ3v) is 3.78. The molecule has 0 aromatic heterocycles. The topological polar surface area (TPSA) is 46.5 Å². The summed E-state index contributed by atoms with van der Waals surface area (Å²) in [5.74, 6) is 0.827. The molecule has 3 heteroatoms. The number of benzene rings is 1. The molecule has 1 unspecified atom stereocenters. The zero-order chi connectivity index (χ0) is 13.7. The summed E-state index contributed by atoms with van der Waals surface area (Å²) in [6.45, 7) is 3.04. The second-order valence-electron chi connectivity index (χ2n) is 5.36. The molecule has 0 spiro atoms. The van der Waals surface area contributed by atoms with E-state index >= 15 is 0 Å². The van der Waals surface area contributed by atoms with Crippen LogP contribution >= 0.6 is 0 Å². The van der Waals surface area contributed by atoms with Gasteiger partial charge in [-0.3, -0.25) is 4.79 Å². The largest absolute Gasteiger partial charge is 0.493 e. The van der Waals surface area contributed by atoms with Crippen LogP contribution in [-0.4, -0.2) is 17.7 Å². The highest BCUT2D eigenvalue weighted by atomic mass is 16.5. The van der Waals surface area contributed by atoms with Crippen LogP contribution in [0.4, 0.5) is 0 Å². The molecule has 2 rings (SSSR count). The van der Waals surface area contributed by atoms with Crippen molar-refractivity contribution in [3.05, 3.63) is 29.3 Å². The van der Waals surface area contributed by atoms with E-state index in [9.17, 15) is 4.79 Å². The number of unbranched alkanes of at least 4 members (excludes halogenated alkanes) is 1. The lowest BCUT2D eigenvalue weighted by atomic mass is 9.92. The highest BCUT2D eigenvalue weighted by molar-refractivity contribution is 5.66. The lowest BCUT2D eigenvalue weighted by Gasteiger charge is -2.20. The highest BCUT2D eigenvalue weighted by Gasteiger charge is 2.13. The van der Waals surface area contributed by atoms with Crippen molar-refractivity contribution in [1.29, 1.82) is 0 Å². The standard InChI is InChI=1S/C16H22O3/c1-12(5-2-3-7-16(17)18)13-8-9-15-14(11-13)6-4-10-19-15/h8-9,11-12H,2-7,10H2,1H3,(H,17,18). The van der Waals surface area contributed by atoms with E-state index in [0.717, 1.165) is 44.5 Å². The SMILES string of the molecule is CC(CCCCC(=O)O)c1ccc2c(c1)CCCO2. The molecule has 1 N–H and O–H groups in total. The third kappa shape index (κ3) is 3.98. The first-order chi connectivity index (χ1) is 9.16. The Balaban J connectivity index is 1.88. The summed E-state index contributed by atoms with van der Waals surface area (Å²) < 4.78 is 5.62. The lowest BCUT2D eigenvalue weighted by molar-refractivity contribution is -0.137. The maximum absolute atomic E-state index is 10.5. The van der Waals surface area contributed by atoms with Gasteiger partial charge in [-0.25, -0.2) is 0 Å². The van der Waals surface area contributed by atoms with Gasteiger partial charge in [-0.1, -0.05) is 25.5 Å². The molecular formula is C16H22O3. The van der Waals surface area contributed by atoms with E-state index in [4.69, 9.17) is 9.84 Å². The smallest absolute Gasteiger partial charge is 0.303 e. The van der Waals surface area contributed by atoms with Crippen LogP contribution < -0.4 is 4.74 Å². The van der Waals surface area contributed by atoms with E-state index in [2.05, 4.69) is 25.1 Å². The first kappa shape index (κ1) is 13.9. The first-order valence-corrected chi connectivity index (χ1v) is 7.14. The summed E-state index contributed by atoms with van der Waals surface area (Å²) in [5, 5.41) is 8.61. The van der Waals surface area contributed by atoms with Crippen molar-refractivity contribution in [1.82, 2.24) is 0 Å². The van der Waals surface area contributed by atoms with E-state index in [-0.39, 0.29) is 6.42 Å². The highest BCUT2D eigenvalue weighted by Crippen LogP contribution is 2.30. The van der Waals surface area contributed by atoms with Crippen LogP contribution in [0, 0.1) is 0 Å². The molecule has 1 atom stereocenters. The number of aliphatic carboxylic acids is 1. The predicted octanol–water partition coefficient (Wildman–Crippen LogP) is 3.76. The number of carboxylic acid groups (broad SMARTS) is 1. The zero-order valence-corrected chi connectivity index (χ0v) is 11.5. The molecule has 0 radical (unpaired) electrons. The minimum atomic E-state index is -0.696. The Labute approximate surface area is 114 Å². The molecule has 0 bridgehead atoms. The van der Waals surface area contributed by atoms with Crippen molar-refractivity contribution < 1.29 is 14.6 Å². The molecule has 1 aliphatic rings. The third-order valence-electron chi connectivity index (χ3n) is 3.78. The second kappa shape index (κ2) is 6.60. The summed E-state index contributed by atoms with van der Waals surface area (Å²) in [7, 11) is 0. The van der Waals surface area contributed by atoms with Gasteiger partial charge in [0.25, 0.3) is 0 Å². The fraction of sp³-hybridized carbons (Fsp3) is 0.562. The molecule has 1 aromatic carbocycles. The number of ether oxygens (including phenoxy) is 1. The summed E-state index contributed by atoms with van der Waals surface area (Å²) in [6, 6.07) is 6.49. The molecule has 0 amide bonds. The van der Waals surface area contributed by atoms with Gasteiger partial charge in [-0.2, -0.15) is 0 Å². The van der Waals surface area contributed by atoms with Gasteiger partial charge < -0.3 is 9.84 Å². The molecule has 0 saturated heterocycles. The molecule has 19 heavy (non-hydrogen) atoms. The number of fused-ring (bicyclic) bond motifs is 1. The van der Waals surface area contributed by atoms with Crippen molar-refractivity contribution in [2.45, 2.75) is 51.4 Å². The molecule has 0 aliphatic carbocycles. The normalized spacial score (nSPS) is 15.4. The first-order valence-electron chi connectivity index (χ1n) is 7.14. The Morgan fingerprint density at radius 2 is 2.26 bits per heavy atom. The van der Waals surface area contributed by atoms with Gasteiger partial charge in [0.2, 0.25) is 0 Å². The molecule has 0 fully saturated rings. The van der Waals surface area contributed by atoms with E-state index in [1.54, 1.807) is 0 Å². The summed E-state index contributed by atoms with van der Waals surface area (Å²) in [5.41, 5.74) is 2.67. The van der Waals surface area contributed by atoms with Crippen LogP contribution in [0.3, 0.4) is 0 Å². The van der Waals surface area contributed by atoms with Crippen molar-refractivity contribution in [2.24, 2.45) is 0 Å². The number of carboxylic acids is 1. The van der Waals surface area contributed by atoms with Gasteiger partial charge in [0, 0.05) is 6.42 Å². The Morgan fingerprint density at radius 3 is 3.05 bits per heavy atom. The molecule has 1 heterocycles. The van der Waals surface area contributed by atoms with E-state index in [1.807, 2.05) is 0 Å². The molecular weight excluding hydrogens is 240 g/mol. The van der Waals surface area contributed by atoms with Crippen LogP contribution in [0.25, 0.3) is 0 Å². The van der Waals surface area contributed by atoms with Crippen molar-refractivity contribution >= 4 is 5.97 Å². The van der Waals surface area contributed by atoms with E-state index < -0.39 is 5.97 Å². The van der Waals surface area contributed by atoms with E-state index in [1.165, 1.54) is 11.1 Å². The van der Waals surface area contributed by atoms with Crippen molar-refractivity contribution in [2.75, 3.05) is 6.61 Å². The Bertz CT molecular complexity index is 440. The van der Waals surface area contributed by atoms with Gasteiger partial charge in [-0.15, -0.1) is 0 Å². The molecule has 1 aromatic rings. The molecule has 3 nitrogen and oxygen atoms in total. The predicted molar refractivity (Wildman–Crippen MR) is 74.8 cm³/mol. The fourth-order valence-corrected chi connectivity index (χ4v) is 2.58. The maximum Gasteiger partial charge on any atom is 0.303 e. The minimum absolute atomic E-state index is 0.282. The molecule has 104 valence electrons. The average molecular weight is 262 g/mol. The molecule has 0 saturated carbocycles. The average Bonchev–Trinajstić information content (AvgIpc) is 2.42. The quantitative estimate of drug-likeness (QED) is 0.794. The number of rotatable bonds is 6. The van der Waals surface area contributed by atoms with Crippen LogP contribution in [0.15, 0.2) is 18.2 Å². The van der Waals surface area contributed by atoms with Gasteiger partial charge in [0.05, 0.1) is 6.61 Å².